The maximum atomic E-state index is 10.5. The third-order valence-corrected chi connectivity index (χ3v) is 3.62. The van der Waals surface area contributed by atoms with Gasteiger partial charge in [-0.1, -0.05) is 6.07 Å². The van der Waals surface area contributed by atoms with Crippen LogP contribution in [0.15, 0.2) is 46.1 Å². The number of pyridine rings is 1. The summed E-state index contributed by atoms with van der Waals surface area (Å²) in [6.45, 7) is 7.37. The predicted octanol–water partition coefficient (Wildman–Crippen LogP) is 1.99. The average Bonchev–Trinajstić information content (AvgIpc) is 3.10. The summed E-state index contributed by atoms with van der Waals surface area (Å²) in [6, 6.07) is 7.60. The molecule has 0 aromatic carbocycles. The van der Waals surface area contributed by atoms with E-state index in [1.54, 1.807) is 25.3 Å². The quantitative estimate of drug-likeness (QED) is 0.534. The summed E-state index contributed by atoms with van der Waals surface area (Å²) in [6.07, 6.45) is 4.29. The molecule has 0 aliphatic heterocycles. The van der Waals surface area contributed by atoms with Gasteiger partial charge in [-0.3, -0.25) is 4.98 Å². The third-order valence-electron chi connectivity index (χ3n) is 3.62. The fourth-order valence-electron chi connectivity index (χ4n) is 2.21. The number of aryl methyl sites for hydroxylation is 1. The van der Waals surface area contributed by atoms with Gasteiger partial charge in [0.2, 0.25) is 0 Å². The third kappa shape index (κ3) is 5.38. The molecular weight excluding hydrogens is 304 g/mol. The van der Waals surface area contributed by atoms with Gasteiger partial charge >= 0.3 is 0 Å². The SMILES string of the molecule is CCNC(=NCC(C)(O)c1ccco1)NCCc1ccc(C)nc1. The fraction of sp³-hybridized carbons (Fsp3) is 0.444. The van der Waals surface area contributed by atoms with Crippen LogP contribution in [-0.4, -0.2) is 35.7 Å². The Morgan fingerprint density at radius 3 is 2.79 bits per heavy atom. The Balaban J connectivity index is 1.89. The van der Waals surface area contributed by atoms with Crippen molar-refractivity contribution in [2.45, 2.75) is 32.8 Å². The number of nitrogens with zero attached hydrogens (tertiary/aromatic N) is 2. The molecule has 2 rings (SSSR count). The average molecular weight is 330 g/mol. The van der Waals surface area contributed by atoms with Crippen molar-refractivity contribution >= 4 is 5.96 Å². The van der Waals surface area contributed by atoms with Crippen LogP contribution in [0.1, 0.15) is 30.9 Å². The van der Waals surface area contributed by atoms with Crippen LogP contribution in [0.25, 0.3) is 0 Å². The van der Waals surface area contributed by atoms with Crippen LogP contribution in [0.3, 0.4) is 0 Å². The first kappa shape index (κ1) is 18.0. The van der Waals surface area contributed by atoms with E-state index in [0.29, 0.717) is 11.7 Å². The molecule has 2 heterocycles. The van der Waals surface area contributed by atoms with Crippen LogP contribution in [0.2, 0.25) is 0 Å². The molecule has 2 aromatic rings. The molecule has 0 fully saturated rings. The molecule has 0 saturated carbocycles. The van der Waals surface area contributed by atoms with Crippen molar-refractivity contribution in [2.75, 3.05) is 19.6 Å². The molecule has 1 atom stereocenters. The lowest BCUT2D eigenvalue weighted by atomic mass is 10.0. The van der Waals surface area contributed by atoms with Crippen LogP contribution in [0.4, 0.5) is 0 Å². The van der Waals surface area contributed by atoms with Gasteiger partial charge in [0, 0.05) is 25.0 Å². The van der Waals surface area contributed by atoms with E-state index in [4.69, 9.17) is 4.42 Å². The Morgan fingerprint density at radius 2 is 2.17 bits per heavy atom. The normalized spacial score (nSPS) is 14.2. The van der Waals surface area contributed by atoms with Crippen LogP contribution in [0.5, 0.6) is 0 Å². The Hall–Kier alpha value is -2.34. The molecule has 2 aromatic heterocycles. The minimum atomic E-state index is -1.13. The monoisotopic (exact) mass is 330 g/mol. The Morgan fingerprint density at radius 1 is 1.33 bits per heavy atom. The van der Waals surface area contributed by atoms with Crippen molar-refractivity contribution < 1.29 is 9.52 Å². The van der Waals surface area contributed by atoms with Gasteiger partial charge in [0.15, 0.2) is 5.96 Å². The standard InChI is InChI=1S/C18H26N4O2/c1-4-19-17(20-10-9-15-8-7-14(2)21-12-15)22-13-18(3,23)16-6-5-11-24-16/h5-8,11-12,23H,4,9-10,13H2,1-3H3,(H2,19,20,22). The molecule has 6 nitrogen and oxygen atoms in total. The summed E-state index contributed by atoms with van der Waals surface area (Å²) in [4.78, 5) is 8.75. The number of furan rings is 1. The highest BCUT2D eigenvalue weighted by Crippen LogP contribution is 2.20. The van der Waals surface area contributed by atoms with E-state index in [9.17, 15) is 5.11 Å². The number of hydrogen-bond acceptors (Lipinski definition) is 4. The van der Waals surface area contributed by atoms with Gasteiger partial charge in [-0.25, -0.2) is 4.99 Å². The first-order valence-electron chi connectivity index (χ1n) is 8.21. The Bertz CT molecular complexity index is 634. The van der Waals surface area contributed by atoms with Crippen molar-refractivity contribution in [2.24, 2.45) is 4.99 Å². The number of aromatic nitrogens is 1. The highest BCUT2D eigenvalue weighted by atomic mass is 16.4. The zero-order valence-corrected chi connectivity index (χ0v) is 14.5. The number of aliphatic imine (C=N–C) groups is 1. The zero-order valence-electron chi connectivity index (χ0n) is 14.5. The molecule has 3 N–H and O–H groups in total. The first-order valence-corrected chi connectivity index (χ1v) is 8.21. The van der Waals surface area contributed by atoms with Crippen molar-refractivity contribution in [1.82, 2.24) is 15.6 Å². The van der Waals surface area contributed by atoms with Crippen molar-refractivity contribution in [3.05, 3.63) is 53.7 Å². The lowest BCUT2D eigenvalue weighted by molar-refractivity contribution is 0.0437. The molecule has 0 amide bonds. The molecule has 1 unspecified atom stereocenters. The summed E-state index contributed by atoms with van der Waals surface area (Å²) >= 11 is 0. The Kier molecular flexibility index (Phi) is 6.37. The number of rotatable bonds is 7. The summed E-state index contributed by atoms with van der Waals surface area (Å²) in [5, 5.41) is 16.9. The van der Waals surface area contributed by atoms with E-state index in [1.807, 2.05) is 26.1 Å². The van der Waals surface area contributed by atoms with Gasteiger partial charge in [-0.2, -0.15) is 0 Å². The molecule has 0 radical (unpaired) electrons. The van der Waals surface area contributed by atoms with Crippen molar-refractivity contribution in [3.8, 4) is 0 Å². The maximum absolute atomic E-state index is 10.5. The lowest BCUT2D eigenvalue weighted by Crippen LogP contribution is -2.39. The summed E-state index contributed by atoms with van der Waals surface area (Å²) in [7, 11) is 0. The maximum Gasteiger partial charge on any atom is 0.191 e. The van der Waals surface area contributed by atoms with Gasteiger partial charge < -0.3 is 20.2 Å². The van der Waals surface area contributed by atoms with Gasteiger partial charge in [-0.05, 0) is 51.0 Å². The van der Waals surface area contributed by atoms with E-state index in [2.05, 4.69) is 26.7 Å². The smallest absolute Gasteiger partial charge is 0.191 e. The highest BCUT2D eigenvalue weighted by molar-refractivity contribution is 5.79. The largest absolute Gasteiger partial charge is 0.466 e. The van der Waals surface area contributed by atoms with E-state index in [-0.39, 0.29) is 6.54 Å². The second kappa shape index (κ2) is 8.49. The van der Waals surface area contributed by atoms with Crippen molar-refractivity contribution in [3.63, 3.8) is 0 Å². The summed E-state index contributed by atoms with van der Waals surface area (Å²) < 4.78 is 5.27. The number of aliphatic hydroxyl groups is 1. The second-order valence-electron chi connectivity index (χ2n) is 5.93. The molecule has 0 aliphatic carbocycles. The van der Waals surface area contributed by atoms with Gasteiger partial charge in [0.05, 0.1) is 12.8 Å². The van der Waals surface area contributed by atoms with Gasteiger partial charge in [0.25, 0.3) is 0 Å². The first-order chi connectivity index (χ1) is 11.5. The van der Waals surface area contributed by atoms with Crippen molar-refractivity contribution in [1.29, 1.82) is 0 Å². The van der Waals surface area contributed by atoms with Crippen LogP contribution in [-0.2, 0) is 12.0 Å². The van der Waals surface area contributed by atoms with E-state index in [1.165, 1.54) is 5.56 Å². The molecule has 130 valence electrons. The summed E-state index contributed by atoms with van der Waals surface area (Å²) in [5.74, 6) is 1.18. The van der Waals surface area contributed by atoms with E-state index < -0.39 is 5.60 Å². The molecule has 6 heteroatoms. The van der Waals surface area contributed by atoms with Crippen LogP contribution in [0, 0.1) is 6.92 Å². The van der Waals surface area contributed by atoms with Gasteiger partial charge in [-0.15, -0.1) is 0 Å². The number of guanidine groups is 1. The molecular formula is C18H26N4O2. The highest BCUT2D eigenvalue weighted by Gasteiger charge is 2.25. The lowest BCUT2D eigenvalue weighted by Gasteiger charge is -2.19. The minimum absolute atomic E-state index is 0.210. The second-order valence-corrected chi connectivity index (χ2v) is 5.93. The molecule has 0 aliphatic rings. The molecule has 0 spiro atoms. The topological polar surface area (TPSA) is 82.7 Å². The number of hydrogen-bond donors (Lipinski definition) is 3. The fourth-order valence-corrected chi connectivity index (χ4v) is 2.21. The Labute approximate surface area is 143 Å². The van der Waals surface area contributed by atoms with Crippen LogP contribution >= 0.6 is 0 Å². The van der Waals surface area contributed by atoms with Gasteiger partial charge in [0.1, 0.15) is 11.4 Å². The summed E-state index contributed by atoms with van der Waals surface area (Å²) in [5.41, 5.74) is 1.06. The van der Waals surface area contributed by atoms with E-state index in [0.717, 1.165) is 25.2 Å². The predicted molar refractivity (Wildman–Crippen MR) is 94.9 cm³/mol. The zero-order chi connectivity index (χ0) is 17.4. The van der Waals surface area contributed by atoms with Crippen LogP contribution < -0.4 is 10.6 Å². The molecule has 0 saturated heterocycles. The molecule has 0 bridgehead atoms. The molecule has 24 heavy (non-hydrogen) atoms. The number of nitrogens with one attached hydrogen (secondary N) is 2. The van der Waals surface area contributed by atoms with E-state index >= 15 is 0 Å². The minimum Gasteiger partial charge on any atom is -0.466 e.